The second-order valence-electron chi connectivity index (χ2n) is 5.60. The molecule has 2 rings (SSSR count). The van der Waals surface area contributed by atoms with Crippen molar-refractivity contribution in [2.45, 2.75) is 31.8 Å². The van der Waals surface area contributed by atoms with Gasteiger partial charge in [-0.25, -0.2) is 0 Å². The largest absolute Gasteiger partial charge is 0.497 e. The zero-order valence-corrected chi connectivity index (χ0v) is 13.5. The highest BCUT2D eigenvalue weighted by atomic mass is 16.5. The van der Waals surface area contributed by atoms with Gasteiger partial charge >= 0.3 is 0 Å². The Kier molecular flexibility index (Phi) is 6.49. The molecule has 1 fully saturated rings. The Labute approximate surface area is 128 Å². The van der Waals surface area contributed by atoms with Gasteiger partial charge in [0.05, 0.1) is 13.7 Å². The number of nitrogens with zero attached hydrogens (tertiary/aromatic N) is 1. The van der Waals surface area contributed by atoms with E-state index in [0.717, 1.165) is 38.0 Å². The number of methoxy groups -OCH3 is 2. The minimum atomic E-state index is 0.360. The third kappa shape index (κ3) is 4.99. The zero-order valence-electron chi connectivity index (χ0n) is 13.5. The number of benzene rings is 1. The number of ether oxygens (including phenoxy) is 2. The number of rotatable bonds is 10. The monoisotopic (exact) mass is 292 g/mol. The molecule has 4 nitrogen and oxygen atoms in total. The van der Waals surface area contributed by atoms with Crippen LogP contribution in [0.15, 0.2) is 24.3 Å². The maximum atomic E-state index is 5.25. The molecule has 0 bridgehead atoms. The van der Waals surface area contributed by atoms with Crippen molar-refractivity contribution in [3.63, 3.8) is 0 Å². The Hall–Kier alpha value is -1.10. The summed E-state index contributed by atoms with van der Waals surface area (Å²) in [6.07, 6.45) is 2.65. The maximum Gasteiger partial charge on any atom is 0.118 e. The van der Waals surface area contributed by atoms with Crippen molar-refractivity contribution >= 4 is 0 Å². The molecule has 0 aliphatic heterocycles. The number of likely N-dealkylation sites (N-methyl/N-ethyl adjacent to an activating group) is 1. The summed E-state index contributed by atoms with van der Waals surface area (Å²) >= 11 is 0. The molecule has 0 amide bonds. The van der Waals surface area contributed by atoms with Gasteiger partial charge in [0.1, 0.15) is 5.75 Å². The fourth-order valence-corrected chi connectivity index (χ4v) is 2.68. The van der Waals surface area contributed by atoms with Gasteiger partial charge in [-0.05, 0) is 37.1 Å². The van der Waals surface area contributed by atoms with E-state index in [1.165, 1.54) is 18.4 Å². The first-order valence-corrected chi connectivity index (χ1v) is 7.88. The molecule has 118 valence electrons. The molecular weight excluding hydrogens is 264 g/mol. The smallest absolute Gasteiger partial charge is 0.118 e. The summed E-state index contributed by atoms with van der Waals surface area (Å²) in [6.45, 7) is 5.98. The van der Waals surface area contributed by atoms with E-state index in [1.54, 1.807) is 14.2 Å². The number of hydrogen-bond acceptors (Lipinski definition) is 4. The first kappa shape index (κ1) is 16.3. The lowest BCUT2D eigenvalue weighted by Crippen LogP contribution is -2.38. The Morgan fingerprint density at radius 3 is 2.48 bits per heavy atom. The Morgan fingerprint density at radius 2 is 1.95 bits per heavy atom. The van der Waals surface area contributed by atoms with Gasteiger partial charge in [-0.1, -0.05) is 19.1 Å². The average molecular weight is 292 g/mol. The van der Waals surface area contributed by atoms with Crippen LogP contribution in [0.5, 0.6) is 5.75 Å². The molecule has 1 atom stereocenters. The van der Waals surface area contributed by atoms with Gasteiger partial charge in [-0.2, -0.15) is 0 Å². The molecule has 21 heavy (non-hydrogen) atoms. The van der Waals surface area contributed by atoms with E-state index in [0.29, 0.717) is 6.04 Å². The summed E-state index contributed by atoms with van der Waals surface area (Å²) in [5, 5.41) is 3.60. The summed E-state index contributed by atoms with van der Waals surface area (Å²) in [5.74, 6) is 0.910. The topological polar surface area (TPSA) is 33.7 Å². The number of nitrogens with one attached hydrogen (secondary N) is 1. The zero-order chi connectivity index (χ0) is 15.1. The SMILES string of the molecule is CCNC(CN(CCOC)C1CC1)c1ccc(OC)cc1. The van der Waals surface area contributed by atoms with E-state index in [9.17, 15) is 0 Å². The van der Waals surface area contributed by atoms with Crippen LogP contribution in [0.2, 0.25) is 0 Å². The molecule has 0 heterocycles. The van der Waals surface area contributed by atoms with Gasteiger partial charge in [0.25, 0.3) is 0 Å². The molecule has 1 aromatic carbocycles. The minimum Gasteiger partial charge on any atom is -0.497 e. The Bertz CT molecular complexity index is 404. The van der Waals surface area contributed by atoms with Crippen molar-refractivity contribution in [1.29, 1.82) is 0 Å². The highest BCUT2D eigenvalue weighted by Crippen LogP contribution is 2.29. The summed E-state index contributed by atoms with van der Waals surface area (Å²) in [6, 6.07) is 9.51. The van der Waals surface area contributed by atoms with E-state index < -0.39 is 0 Å². The fourth-order valence-electron chi connectivity index (χ4n) is 2.68. The standard InChI is InChI=1S/C17H28N2O2/c1-4-18-17(14-5-9-16(21-3)10-6-14)13-19(11-12-20-2)15-7-8-15/h5-6,9-10,15,17-18H,4,7-8,11-13H2,1-3H3. The highest BCUT2D eigenvalue weighted by Gasteiger charge is 2.30. The third-order valence-corrected chi connectivity index (χ3v) is 4.03. The van der Waals surface area contributed by atoms with Crippen LogP contribution in [0, 0.1) is 0 Å². The molecule has 0 spiro atoms. The van der Waals surface area contributed by atoms with Gasteiger partial charge < -0.3 is 14.8 Å². The molecular formula is C17H28N2O2. The van der Waals surface area contributed by atoms with Gasteiger partial charge in [0.2, 0.25) is 0 Å². The molecule has 1 aromatic rings. The van der Waals surface area contributed by atoms with Crippen LogP contribution >= 0.6 is 0 Å². The Balaban J connectivity index is 2.01. The second kappa shape index (κ2) is 8.37. The molecule has 0 aromatic heterocycles. The van der Waals surface area contributed by atoms with Crippen LogP contribution in [0.25, 0.3) is 0 Å². The van der Waals surface area contributed by atoms with Crippen LogP contribution in [-0.4, -0.2) is 51.4 Å². The summed E-state index contributed by atoms with van der Waals surface area (Å²) in [7, 11) is 3.48. The molecule has 1 N–H and O–H groups in total. The number of hydrogen-bond donors (Lipinski definition) is 1. The highest BCUT2D eigenvalue weighted by molar-refractivity contribution is 5.29. The predicted molar refractivity (Wildman–Crippen MR) is 85.9 cm³/mol. The molecule has 1 saturated carbocycles. The third-order valence-electron chi connectivity index (χ3n) is 4.03. The minimum absolute atomic E-state index is 0.360. The van der Waals surface area contributed by atoms with Crippen LogP contribution in [-0.2, 0) is 4.74 Å². The van der Waals surface area contributed by atoms with E-state index in [4.69, 9.17) is 9.47 Å². The van der Waals surface area contributed by atoms with Crippen LogP contribution < -0.4 is 10.1 Å². The molecule has 1 aliphatic carbocycles. The molecule has 1 unspecified atom stereocenters. The van der Waals surface area contributed by atoms with Crippen LogP contribution in [0.1, 0.15) is 31.4 Å². The maximum absolute atomic E-state index is 5.25. The van der Waals surface area contributed by atoms with Crippen molar-refractivity contribution in [3.05, 3.63) is 29.8 Å². The lowest BCUT2D eigenvalue weighted by molar-refractivity contribution is 0.136. The summed E-state index contributed by atoms with van der Waals surface area (Å²) < 4.78 is 10.5. The van der Waals surface area contributed by atoms with Gasteiger partial charge in [-0.3, -0.25) is 4.90 Å². The second-order valence-corrected chi connectivity index (χ2v) is 5.60. The summed E-state index contributed by atoms with van der Waals surface area (Å²) in [4.78, 5) is 2.56. The quantitative estimate of drug-likeness (QED) is 0.718. The van der Waals surface area contributed by atoms with E-state index >= 15 is 0 Å². The van der Waals surface area contributed by atoms with E-state index in [-0.39, 0.29) is 0 Å². The predicted octanol–water partition coefficient (Wildman–Crippen LogP) is 2.46. The molecule has 0 saturated heterocycles. The first-order valence-electron chi connectivity index (χ1n) is 7.88. The van der Waals surface area contributed by atoms with Gasteiger partial charge in [0.15, 0.2) is 0 Å². The first-order chi connectivity index (χ1) is 10.3. The fraction of sp³-hybridized carbons (Fsp3) is 0.647. The molecule has 1 aliphatic rings. The van der Waals surface area contributed by atoms with Crippen molar-refractivity contribution in [1.82, 2.24) is 10.2 Å². The molecule has 0 radical (unpaired) electrons. The lowest BCUT2D eigenvalue weighted by atomic mass is 10.1. The lowest BCUT2D eigenvalue weighted by Gasteiger charge is -2.28. The Morgan fingerprint density at radius 1 is 1.24 bits per heavy atom. The summed E-state index contributed by atoms with van der Waals surface area (Å²) in [5.41, 5.74) is 1.32. The van der Waals surface area contributed by atoms with Gasteiger partial charge in [0, 0.05) is 32.3 Å². The van der Waals surface area contributed by atoms with Crippen molar-refractivity contribution in [2.75, 3.05) is 40.5 Å². The van der Waals surface area contributed by atoms with Crippen molar-refractivity contribution in [3.8, 4) is 5.75 Å². The van der Waals surface area contributed by atoms with Crippen LogP contribution in [0.3, 0.4) is 0 Å². The van der Waals surface area contributed by atoms with Gasteiger partial charge in [-0.15, -0.1) is 0 Å². The van der Waals surface area contributed by atoms with E-state index in [2.05, 4.69) is 29.3 Å². The van der Waals surface area contributed by atoms with Crippen molar-refractivity contribution in [2.24, 2.45) is 0 Å². The van der Waals surface area contributed by atoms with E-state index in [1.807, 2.05) is 12.1 Å². The molecule has 4 heteroatoms. The van der Waals surface area contributed by atoms with Crippen molar-refractivity contribution < 1.29 is 9.47 Å². The average Bonchev–Trinajstić information content (AvgIpc) is 3.35. The van der Waals surface area contributed by atoms with Crippen LogP contribution in [0.4, 0.5) is 0 Å². The normalized spacial score (nSPS) is 16.2.